The Morgan fingerprint density at radius 1 is 1.11 bits per heavy atom. The summed E-state index contributed by atoms with van der Waals surface area (Å²) in [6, 6.07) is 6.78. The second-order valence-corrected chi connectivity index (χ2v) is 6.82. The average Bonchev–Trinajstić information content (AvgIpc) is 2.36. The van der Waals surface area contributed by atoms with E-state index in [0.29, 0.717) is 4.90 Å². The van der Waals surface area contributed by atoms with Crippen molar-refractivity contribution in [3.05, 3.63) is 24.3 Å². The van der Waals surface area contributed by atoms with Gasteiger partial charge >= 0.3 is 0 Å². The van der Waals surface area contributed by atoms with Crippen molar-refractivity contribution in [1.29, 1.82) is 0 Å². The molecule has 1 aromatic carbocycles. The molecule has 19 heavy (non-hydrogen) atoms. The van der Waals surface area contributed by atoms with Gasteiger partial charge in [0, 0.05) is 18.3 Å². The molecule has 0 aliphatic carbocycles. The van der Waals surface area contributed by atoms with Gasteiger partial charge in [0.05, 0.1) is 4.90 Å². The van der Waals surface area contributed by atoms with Crippen LogP contribution < -0.4 is 10.0 Å². The molecule has 0 bridgehead atoms. The van der Waals surface area contributed by atoms with Crippen LogP contribution in [-0.2, 0) is 10.0 Å². The number of hydrogen-bond acceptors (Lipinski definition) is 3. The second kappa shape index (κ2) is 6.91. The van der Waals surface area contributed by atoms with E-state index in [1.165, 1.54) is 0 Å². The van der Waals surface area contributed by atoms with Gasteiger partial charge < -0.3 is 5.32 Å². The Kier molecular flexibility index (Phi) is 5.82. The first-order chi connectivity index (χ1) is 8.86. The van der Waals surface area contributed by atoms with Crippen LogP contribution in [0.4, 0.5) is 5.69 Å². The highest BCUT2D eigenvalue weighted by atomic mass is 32.2. The number of rotatable bonds is 7. The first-order valence-electron chi connectivity index (χ1n) is 6.73. The quantitative estimate of drug-likeness (QED) is 0.809. The van der Waals surface area contributed by atoms with Crippen LogP contribution in [0, 0.1) is 5.92 Å². The Balaban J connectivity index is 2.79. The molecule has 1 aromatic rings. The van der Waals surface area contributed by atoms with Crippen LogP contribution in [0.15, 0.2) is 29.2 Å². The van der Waals surface area contributed by atoms with Gasteiger partial charge in [-0.2, -0.15) is 0 Å². The van der Waals surface area contributed by atoms with Gasteiger partial charge in [-0.05, 0) is 43.5 Å². The van der Waals surface area contributed by atoms with E-state index >= 15 is 0 Å². The summed E-state index contributed by atoms with van der Waals surface area (Å²) in [5.74, 6) is 0.264. The smallest absolute Gasteiger partial charge is 0.240 e. The largest absolute Gasteiger partial charge is 0.385 e. The van der Waals surface area contributed by atoms with Crippen molar-refractivity contribution in [1.82, 2.24) is 4.72 Å². The number of sulfonamides is 1. The van der Waals surface area contributed by atoms with E-state index in [1.54, 1.807) is 24.3 Å². The monoisotopic (exact) mass is 284 g/mol. The summed E-state index contributed by atoms with van der Waals surface area (Å²) in [5, 5.41) is 3.22. The fraction of sp³-hybridized carbons (Fsp3) is 0.571. The predicted molar refractivity (Wildman–Crippen MR) is 79.8 cm³/mol. The van der Waals surface area contributed by atoms with Crippen LogP contribution in [0.2, 0.25) is 0 Å². The molecule has 108 valence electrons. The maximum Gasteiger partial charge on any atom is 0.240 e. The van der Waals surface area contributed by atoms with E-state index in [0.717, 1.165) is 18.7 Å². The standard InChI is InChI=1S/C14H24N2O2S/c1-5-10-15-13-6-8-14(9-7-13)19(17,18)16-12(4)11(2)3/h6-9,11-12,15-16H,5,10H2,1-4H3. The summed E-state index contributed by atoms with van der Waals surface area (Å²) in [5.41, 5.74) is 0.942. The minimum atomic E-state index is -3.42. The summed E-state index contributed by atoms with van der Waals surface area (Å²) in [7, 11) is -3.42. The number of nitrogens with one attached hydrogen (secondary N) is 2. The summed E-state index contributed by atoms with van der Waals surface area (Å²) in [4.78, 5) is 0.307. The maximum atomic E-state index is 12.1. The van der Waals surface area contributed by atoms with Crippen molar-refractivity contribution in [2.45, 2.75) is 45.1 Å². The fourth-order valence-electron chi connectivity index (χ4n) is 1.47. The molecule has 1 atom stereocenters. The van der Waals surface area contributed by atoms with Crippen molar-refractivity contribution in [3.8, 4) is 0 Å². The molecule has 1 unspecified atom stereocenters. The summed E-state index contributed by atoms with van der Waals surface area (Å²) in [6.45, 7) is 8.83. The molecule has 4 nitrogen and oxygen atoms in total. The van der Waals surface area contributed by atoms with Crippen molar-refractivity contribution >= 4 is 15.7 Å². The lowest BCUT2D eigenvalue weighted by Gasteiger charge is -2.17. The highest BCUT2D eigenvalue weighted by Gasteiger charge is 2.18. The van der Waals surface area contributed by atoms with Gasteiger partial charge in [0.1, 0.15) is 0 Å². The SMILES string of the molecule is CCCNc1ccc(S(=O)(=O)NC(C)C(C)C)cc1. The number of anilines is 1. The molecule has 0 saturated heterocycles. The van der Waals surface area contributed by atoms with E-state index in [9.17, 15) is 8.42 Å². The summed E-state index contributed by atoms with van der Waals surface area (Å²) in [6.07, 6.45) is 1.04. The summed E-state index contributed by atoms with van der Waals surface area (Å²) < 4.78 is 27.0. The minimum Gasteiger partial charge on any atom is -0.385 e. The fourth-order valence-corrected chi connectivity index (χ4v) is 2.86. The van der Waals surface area contributed by atoms with Crippen molar-refractivity contribution in [2.75, 3.05) is 11.9 Å². The molecular formula is C14H24N2O2S. The highest BCUT2D eigenvalue weighted by Crippen LogP contribution is 2.15. The molecule has 0 heterocycles. The first-order valence-corrected chi connectivity index (χ1v) is 8.21. The minimum absolute atomic E-state index is 0.0807. The molecule has 0 spiro atoms. The van der Waals surface area contributed by atoms with Gasteiger partial charge in [-0.1, -0.05) is 20.8 Å². The van der Waals surface area contributed by atoms with Crippen molar-refractivity contribution in [2.24, 2.45) is 5.92 Å². The van der Waals surface area contributed by atoms with Gasteiger partial charge in [-0.25, -0.2) is 13.1 Å². The van der Waals surface area contributed by atoms with E-state index < -0.39 is 10.0 Å². The zero-order chi connectivity index (χ0) is 14.5. The zero-order valence-corrected chi connectivity index (χ0v) is 12.9. The third-order valence-corrected chi connectivity index (χ3v) is 4.66. The van der Waals surface area contributed by atoms with E-state index in [-0.39, 0.29) is 12.0 Å². The highest BCUT2D eigenvalue weighted by molar-refractivity contribution is 7.89. The Labute approximate surface area is 116 Å². The predicted octanol–water partition coefficient (Wildman–Crippen LogP) is 2.83. The van der Waals surface area contributed by atoms with Gasteiger partial charge in [0.15, 0.2) is 0 Å². The molecule has 2 N–H and O–H groups in total. The third kappa shape index (κ3) is 4.84. The zero-order valence-electron chi connectivity index (χ0n) is 12.1. The molecule has 0 fully saturated rings. The second-order valence-electron chi connectivity index (χ2n) is 5.11. The molecule has 0 amide bonds. The molecule has 0 aliphatic rings. The summed E-state index contributed by atoms with van der Waals surface area (Å²) >= 11 is 0. The first kappa shape index (κ1) is 16.0. The van der Waals surface area contributed by atoms with Gasteiger partial charge in [-0.3, -0.25) is 0 Å². The normalized spacial score (nSPS) is 13.5. The van der Waals surface area contributed by atoms with E-state index in [4.69, 9.17) is 0 Å². The van der Waals surface area contributed by atoms with Crippen LogP contribution in [0.3, 0.4) is 0 Å². The van der Waals surface area contributed by atoms with Gasteiger partial charge in [0.2, 0.25) is 10.0 Å². The molecule has 0 aromatic heterocycles. The third-order valence-electron chi connectivity index (χ3n) is 3.08. The van der Waals surface area contributed by atoms with Crippen molar-refractivity contribution < 1.29 is 8.42 Å². The van der Waals surface area contributed by atoms with E-state index in [2.05, 4.69) is 17.0 Å². The lowest BCUT2D eigenvalue weighted by Crippen LogP contribution is -2.36. The molecule has 0 aliphatic heterocycles. The van der Waals surface area contributed by atoms with Crippen LogP contribution >= 0.6 is 0 Å². The molecule has 5 heteroatoms. The average molecular weight is 284 g/mol. The number of benzene rings is 1. The van der Waals surface area contributed by atoms with Crippen LogP contribution in [-0.4, -0.2) is 21.0 Å². The molecule has 1 rings (SSSR count). The maximum absolute atomic E-state index is 12.1. The Morgan fingerprint density at radius 2 is 1.68 bits per heavy atom. The van der Waals surface area contributed by atoms with Crippen molar-refractivity contribution in [3.63, 3.8) is 0 Å². The van der Waals surface area contributed by atoms with Gasteiger partial charge in [-0.15, -0.1) is 0 Å². The van der Waals surface area contributed by atoms with Crippen LogP contribution in [0.25, 0.3) is 0 Å². The Bertz CT molecular complexity index is 481. The van der Waals surface area contributed by atoms with E-state index in [1.807, 2.05) is 20.8 Å². The van der Waals surface area contributed by atoms with Crippen LogP contribution in [0.5, 0.6) is 0 Å². The molecule has 0 radical (unpaired) electrons. The topological polar surface area (TPSA) is 58.2 Å². The lowest BCUT2D eigenvalue weighted by atomic mass is 10.1. The Morgan fingerprint density at radius 3 is 2.16 bits per heavy atom. The van der Waals surface area contributed by atoms with Crippen LogP contribution in [0.1, 0.15) is 34.1 Å². The molecular weight excluding hydrogens is 260 g/mol. The molecule has 0 saturated carbocycles. The van der Waals surface area contributed by atoms with Gasteiger partial charge in [0.25, 0.3) is 0 Å². The Hall–Kier alpha value is -1.07. The number of hydrogen-bond donors (Lipinski definition) is 2. The lowest BCUT2D eigenvalue weighted by molar-refractivity contribution is 0.476.